The Kier molecular flexibility index (Phi) is 5.12. The highest BCUT2D eigenvalue weighted by molar-refractivity contribution is 5.57. The predicted octanol–water partition coefficient (Wildman–Crippen LogP) is 4.25. The third-order valence-corrected chi connectivity index (χ3v) is 6.01. The van der Waals surface area contributed by atoms with Crippen molar-refractivity contribution in [1.29, 1.82) is 0 Å². The highest BCUT2D eigenvalue weighted by Gasteiger charge is 2.23. The van der Waals surface area contributed by atoms with Crippen LogP contribution in [0.4, 0.5) is 5.69 Å². The Morgan fingerprint density at radius 2 is 1.65 bits per heavy atom. The van der Waals surface area contributed by atoms with Crippen LogP contribution in [-0.4, -0.2) is 32.7 Å². The number of hydrogen-bond acceptors (Lipinski definition) is 4. The number of rotatable bonds is 4. The minimum absolute atomic E-state index is 0.0914. The molecule has 0 amide bonds. The molecule has 0 bridgehead atoms. The standard InChI is InChI=1S/C25H25N5O/c1-19-7-5-6-10-22(19)28-16-12-20(13-17-28)29-18-14-24(31)25(27-29)23-11-15-26-30(23)21-8-3-2-4-9-21/h2-11,14-15,18,20H,12-13,16-17H2,1H3. The van der Waals surface area contributed by atoms with E-state index in [0.717, 1.165) is 31.6 Å². The maximum Gasteiger partial charge on any atom is 0.209 e. The largest absolute Gasteiger partial charge is 0.371 e. The molecule has 1 aliphatic rings. The molecule has 0 aliphatic carbocycles. The van der Waals surface area contributed by atoms with Crippen LogP contribution in [0, 0.1) is 6.92 Å². The van der Waals surface area contributed by atoms with E-state index in [2.05, 4.69) is 41.2 Å². The first-order chi connectivity index (χ1) is 15.2. The molecule has 156 valence electrons. The summed E-state index contributed by atoms with van der Waals surface area (Å²) >= 11 is 0. The van der Waals surface area contributed by atoms with Gasteiger partial charge in [-0.15, -0.1) is 0 Å². The molecule has 4 aromatic rings. The molecule has 6 heteroatoms. The molecular formula is C25H25N5O. The molecule has 6 nitrogen and oxygen atoms in total. The Morgan fingerprint density at radius 1 is 0.903 bits per heavy atom. The van der Waals surface area contributed by atoms with E-state index < -0.39 is 0 Å². The fraction of sp³-hybridized carbons (Fsp3) is 0.240. The van der Waals surface area contributed by atoms with Crippen LogP contribution < -0.4 is 10.3 Å². The van der Waals surface area contributed by atoms with E-state index in [0.29, 0.717) is 11.4 Å². The molecule has 5 rings (SSSR count). The SMILES string of the molecule is Cc1ccccc1N1CCC(n2ccc(=O)c(-c3ccnn3-c3ccccc3)n2)CC1. The van der Waals surface area contributed by atoms with E-state index in [1.807, 2.05) is 47.3 Å². The average molecular weight is 412 g/mol. The van der Waals surface area contributed by atoms with Crippen molar-refractivity contribution < 1.29 is 0 Å². The van der Waals surface area contributed by atoms with Gasteiger partial charge in [0.2, 0.25) is 5.43 Å². The second kappa shape index (κ2) is 8.22. The lowest BCUT2D eigenvalue weighted by Gasteiger charge is -2.35. The third-order valence-electron chi connectivity index (χ3n) is 6.01. The van der Waals surface area contributed by atoms with Crippen molar-refractivity contribution in [3.63, 3.8) is 0 Å². The van der Waals surface area contributed by atoms with Gasteiger partial charge in [-0.25, -0.2) is 4.68 Å². The Bertz CT molecular complexity index is 1240. The van der Waals surface area contributed by atoms with Crippen LogP contribution in [0.3, 0.4) is 0 Å². The summed E-state index contributed by atoms with van der Waals surface area (Å²) in [4.78, 5) is 15.1. The van der Waals surface area contributed by atoms with Gasteiger partial charge >= 0.3 is 0 Å². The van der Waals surface area contributed by atoms with Crippen LogP contribution in [0.5, 0.6) is 0 Å². The minimum atomic E-state index is -0.0914. The number of para-hydroxylation sites is 2. The Morgan fingerprint density at radius 3 is 2.42 bits per heavy atom. The first-order valence-electron chi connectivity index (χ1n) is 10.7. The molecule has 31 heavy (non-hydrogen) atoms. The average Bonchev–Trinajstić information content (AvgIpc) is 3.30. The van der Waals surface area contributed by atoms with Gasteiger partial charge in [-0.1, -0.05) is 36.4 Å². The maximum atomic E-state index is 12.7. The summed E-state index contributed by atoms with van der Waals surface area (Å²) in [6.45, 7) is 4.11. The van der Waals surface area contributed by atoms with Gasteiger partial charge < -0.3 is 4.90 Å². The smallest absolute Gasteiger partial charge is 0.209 e. The van der Waals surface area contributed by atoms with Gasteiger partial charge in [-0.3, -0.25) is 9.48 Å². The summed E-state index contributed by atoms with van der Waals surface area (Å²) in [5, 5.41) is 9.18. The fourth-order valence-corrected chi connectivity index (χ4v) is 4.35. The molecule has 1 fully saturated rings. The van der Waals surface area contributed by atoms with Crippen molar-refractivity contribution in [3.8, 4) is 17.1 Å². The van der Waals surface area contributed by atoms with Crippen molar-refractivity contribution in [2.24, 2.45) is 0 Å². The van der Waals surface area contributed by atoms with Crippen LogP contribution in [0.2, 0.25) is 0 Å². The summed E-state index contributed by atoms with van der Waals surface area (Å²) in [6, 6.07) is 22.1. The molecule has 0 N–H and O–H groups in total. The summed E-state index contributed by atoms with van der Waals surface area (Å²) < 4.78 is 3.74. The molecule has 3 heterocycles. The molecule has 2 aromatic carbocycles. The van der Waals surface area contributed by atoms with Gasteiger partial charge in [0.1, 0.15) is 0 Å². The number of aromatic nitrogens is 4. The zero-order chi connectivity index (χ0) is 21.2. The second-order valence-electron chi connectivity index (χ2n) is 7.98. The number of piperidine rings is 1. The van der Waals surface area contributed by atoms with E-state index in [9.17, 15) is 4.79 Å². The lowest BCUT2D eigenvalue weighted by Crippen LogP contribution is -2.35. The molecule has 2 aromatic heterocycles. The van der Waals surface area contributed by atoms with Crippen molar-refractivity contribution >= 4 is 5.69 Å². The first-order valence-corrected chi connectivity index (χ1v) is 10.7. The van der Waals surface area contributed by atoms with Crippen molar-refractivity contribution in [2.75, 3.05) is 18.0 Å². The van der Waals surface area contributed by atoms with Crippen LogP contribution in [-0.2, 0) is 0 Å². The third kappa shape index (κ3) is 3.77. The van der Waals surface area contributed by atoms with E-state index in [4.69, 9.17) is 5.10 Å². The molecule has 0 spiro atoms. The van der Waals surface area contributed by atoms with Gasteiger partial charge in [0, 0.05) is 31.0 Å². The van der Waals surface area contributed by atoms with Crippen LogP contribution in [0.15, 0.2) is 83.9 Å². The molecular weight excluding hydrogens is 386 g/mol. The van der Waals surface area contributed by atoms with Crippen molar-refractivity contribution in [3.05, 3.63) is 94.9 Å². The quantitative estimate of drug-likeness (QED) is 0.504. The topological polar surface area (TPSA) is 56.0 Å². The minimum Gasteiger partial charge on any atom is -0.371 e. The second-order valence-corrected chi connectivity index (χ2v) is 7.98. The Balaban J connectivity index is 1.40. The van der Waals surface area contributed by atoms with Crippen molar-refractivity contribution in [2.45, 2.75) is 25.8 Å². The molecule has 1 aliphatic heterocycles. The van der Waals surface area contributed by atoms with Gasteiger partial charge in [0.25, 0.3) is 0 Å². The van der Waals surface area contributed by atoms with Gasteiger partial charge in [0.05, 0.1) is 23.6 Å². The zero-order valence-corrected chi connectivity index (χ0v) is 17.6. The number of nitrogens with zero attached hydrogens (tertiary/aromatic N) is 5. The first kappa shape index (κ1) is 19.3. The lowest BCUT2D eigenvalue weighted by molar-refractivity contribution is 0.362. The lowest BCUT2D eigenvalue weighted by atomic mass is 10.0. The molecule has 0 radical (unpaired) electrons. The summed E-state index contributed by atoms with van der Waals surface area (Å²) in [6.07, 6.45) is 5.51. The van der Waals surface area contributed by atoms with Crippen LogP contribution >= 0.6 is 0 Å². The summed E-state index contributed by atoms with van der Waals surface area (Å²) in [5.41, 5.74) is 4.57. The van der Waals surface area contributed by atoms with Crippen LogP contribution in [0.25, 0.3) is 17.1 Å². The normalized spacial score (nSPS) is 14.7. The number of anilines is 1. The molecule has 0 atom stereocenters. The maximum absolute atomic E-state index is 12.7. The highest BCUT2D eigenvalue weighted by Crippen LogP contribution is 2.28. The van der Waals surface area contributed by atoms with E-state index in [1.165, 1.54) is 11.3 Å². The molecule has 1 saturated heterocycles. The van der Waals surface area contributed by atoms with Crippen LogP contribution in [0.1, 0.15) is 24.4 Å². The van der Waals surface area contributed by atoms with Gasteiger partial charge in [-0.05, 0) is 49.6 Å². The predicted molar refractivity (Wildman–Crippen MR) is 123 cm³/mol. The fourth-order valence-electron chi connectivity index (χ4n) is 4.35. The molecule has 0 unspecified atom stereocenters. The summed E-state index contributed by atoms with van der Waals surface area (Å²) in [5.74, 6) is 0. The monoisotopic (exact) mass is 411 g/mol. The van der Waals surface area contributed by atoms with Gasteiger partial charge in [-0.2, -0.15) is 10.2 Å². The van der Waals surface area contributed by atoms with Crippen molar-refractivity contribution in [1.82, 2.24) is 19.6 Å². The Labute approximate surface area is 181 Å². The highest BCUT2D eigenvalue weighted by atomic mass is 16.1. The van der Waals surface area contributed by atoms with E-state index in [1.54, 1.807) is 16.9 Å². The Hall–Kier alpha value is -3.67. The van der Waals surface area contributed by atoms with Gasteiger partial charge in [0.15, 0.2) is 5.69 Å². The molecule has 0 saturated carbocycles. The summed E-state index contributed by atoms with van der Waals surface area (Å²) in [7, 11) is 0. The number of aryl methyl sites for hydroxylation is 1. The van der Waals surface area contributed by atoms with E-state index >= 15 is 0 Å². The zero-order valence-electron chi connectivity index (χ0n) is 17.6. The number of benzene rings is 2. The number of hydrogen-bond donors (Lipinski definition) is 0. The van der Waals surface area contributed by atoms with E-state index in [-0.39, 0.29) is 11.5 Å².